The second-order valence-electron chi connectivity index (χ2n) is 4.30. The van der Waals surface area contributed by atoms with E-state index < -0.39 is 18.0 Å². The Bertz CT molecular complexity index is 407. The predicted molar refractivity (Wildman–Crippen MR) is 78.9 cm³/mol. The van der Waals surface area contributed by atoms with E-state index in [0.29, 0.717) is 38.8 Å². The Morgan fingerprint density at radius 1 is 1.04 bits per heavy atom. The molecule has 0 aromatic carbocycles. The van der Waals surface area contributed by atoms with E-state index in [1.165, 1.54) is 19.1 Å². The van der Waals surface area contributed by atoms with E-state index in [4.69, 9.17) is 10.2 Å². The Morgan fingerprint density at radius 2 is 1.61 bits per heavy atom. The smallest absolute Gasteiger partial charge is 0.342 e. The predicted octanol–water partition coefficient (Wildman–Crippen LogP) is 0.0378. The number of isocyanates is 2. The molecule has 0 spiro atoms. The number of hydrogen-bond acceptors (Lipinski definition) is 9. The van der Waals surface area contributed by atoms with E-state index in [1.54, 1.807) is 0 Å². The molecule has 0 aliphatic carbocycles. The van der Waals surface area contributed by atoms with Crippen LogP contribution in [-0.2, 0) is 23.9 Å². The molecule has 0 rings (SSSR count). The van der Waals surface area contributed by atoms with Gasteiger partial charge in [-0.1, -0.05) is 6.42 Å². The SMILES string of the molecule is CC(O)C(=O)OC(=O)CCCCCO.O=C=NCCCN=C=O. The standard InChI is InChI=1S/C9H16O5.C5H6N2O2/c1-7(11)9(13)14-8(12)5-3-2-4-6-10;8-4-6-2-1-3-7-5-9/h7,10-11H,2-6H2,1H3;1-3H2. The molecule has 9 nitrogen and oxygen atoms in total. The van der Waals surface area contributed by atoms with Gasteiger partial charge in [-0.25, -0.2) is 24.4 Å². The molecule has 0 saturated carbocycles. The number of aliphatic hydroxyl groups is 2. The zero-order valence-electron chi connectivity index (χ0n) is 13.1. The molecule has 9 heteroatoms. The van der Waals surface area contributed by atoms with Crippen molar-refractivity contribution in [2.24, 2.45) is 9.98 Å². The van der Waals surface area contributed by atoms with E-state index in [9.17, 15) is 19.2 Å². The third-order valence-corrected chi connectivity index (χ3v) is 2.26. The molecule has 130 valence electrons. The molecule has 0 saturated heterocycles. The van der Waals surface area contributed by atoms with Crippen LogP contribution in [0.5, 0.6) is 0 Å². The third-order valence-electron chi connectivity index (χ3n) is 2.26. The second-order valence-corrected chi connectivity index (χ2v) is 4.30. The highest BCUT2D eigenvalue weighted by molar-refractivity contribution is 5.87. The fourth-order valence-electron chi connectivity index (χ4n) is 1.13. The van der Waals surface area contributed by atoms with Crippen LogP contribution in [0, 0.1) is 0 Å². The van der Waals surface area contributed by atoms with Gasteiger partial charge >= 0.3 is 11.9 Å². The van der Waals surface area contributed by atoms with E-state index in [-0.39, 0.29) is 13.0 Å². The van der Waals surface area contributed by atoms with Crippen molar-refractivity contribution < 1.29 is 34.1 Å². The molecule has 0 aliphatic rings. The highest BCUT2D eigenvalue weighted by atomic mass is 16.6. The van der Waals surface area contributed by atoms with Crippen LogP contribution in [-0.4, -0.2) is 60.1 Å². The first-order valence-electron chi connectivity index (χ1n) is 7.10. The average Bonchev–Trinajstić information content (AvgIpc) is 2.52. The molecule has 2 N–H and O–H groups in total. The summed E-state index contributed by atoms with van der Waals surface area (Å²) >= 11 is 0. The van der Waals surface area contributed by atoms with Crippen molar-refractivity contribution in [3.05, 3.63) is 0 Å². The maximum atomic E-state index is 10.9. The fourth-order valence-corrected chi connectivity index (χ4v) is 1.13. The van der Waals surface area contributed by atoms with Crippen molar-refractivity contribution in [3.63, 3.8) is 0 Å². The molecule has 0 aliphatic heterocycles. The van der Waals surface area contributed by atoms with Gasteiger partial charge in [0, 0.05) is 13.0 Å². The average molecular weight is 330 g/mol. The second kappa shape index (κ2) is 17.9. The maximum absolute atomic E-state index is 10.9. The molecule has 0 amide bonds. The summed E-state index contributed by atoms with van der Waals surface area (Å²) in [7, 11) is 0. The number of carbonyl (C=O) groups is 2. The van der Waals surface area contributed by atoms with Crippen molar-refractivity contribution in [2.45, 2.75) is 45.1 Å². The number of aliphatic hydroxyl groups excluding tert-OH is 2. The molecule has 0 heterocycles. The third kappa shape index (κ3) is 19.8. The van der Waals surface area contributed by atoms with Gasteiger partial charge in [0.15, 0.2) is 0 Å². The molecular formula is C14H22N2O7. The Labute approximate surface area is 134 Å². The Kier molecular flexibility index (Phi) is 17.9. The maximum Gasteiger partial charge on any atom is 0.342 e. The Balaban J connectivity index is 0. The zero-order valence-corrected chi connectivity index (χ0v) is 13.1. The van der Waals surface area contributed by atoms with Gasteiger partial charge in [-0.15, -0.1) is 0 Å². The van der Waals surface area contributed by atoms with Crippen molar-refractivity contribution in [1.29, 1.82) is 0 Å². The summed E-state index contributed by atoms with van der Waals surface area (Å²) in [5.41, 5.74) is 0. The summed E-state index contributed by atoms with van der Waals surface area (Å²) in [6.07, 6.45) is 4.16. The van der Waals surface area contributed by atoms with Crippen LogP contribution in [0.1, 0.15) is 39.0 Å². The number of unbranched alkanes of at least 4 members (excludes halogenated alkanes) is 2. The van der Waals surface area contributed by atoms with E-state index in [2.05, 4.69) is 14.7 Å². The minimum absolute atomic E-state index is 0.0989. The zero-order chi connectivity index (χ0) is 17.9. The van der Waals surface area contributed by atoms with Gasteiger partial charge in [-0.2, -0.15) is 0 Å². The minimum Gasteiger partial charge on any atom is -0.396 e. The summed E-state index contributed by atoms with van der Waals surface area (Å²) in [6, 6.07) is 0. The van der Waals surface area contributed by atoms with Crippen LogP contribution < -0.4 is 0 Å². The van der Waals surface area contributed by atoms with Crippen molar-refractivity contribution >= 4 is 24.1 Å². The summed E-state index contributed by atoms with van der Waals surface area (Å²) in [5, 5.41) is 17.2. The van der Waals surface area contributed by atoms with Crippen molar-refractivity contribution in [3.8, 4) is 0 Å². The van der Waals surface area contributed by atoms with Gasteiger partial charge in [0.1, 0.15) is 6.10 Å². The number of nitrogens with zero attached hydrogens (tertiary/aromatic N) is 2. The van der Waals surface area contributed by atoms with Crippen LogP contribution in [0.4, 0.5) is 0 Å². The lowest BCUT2D eigenvalue weighted by molar-refractivity contribution is -0.165. The quantitative estimate of drug-likeness (QED) is 0.189. The highest BCUT2D eigenvalue weighted by Crippen LogP contribution is 2.01. The molecule has 0 radical (unpaired) electrons. The molecule has 0 aromatic rings. The van der Waals surface area contributed by atoms with E-state index in [0.717, 1.165) is 0 Å². The molecule has 0 fully saturated rings. The van der Waals surface area contributed by atoms with Crippen molar-refractivity contribution in [2.75, 3.05) is 19.7 Å². The Hall–Kier alpha value is -2.18. The lowest BCUT2D eigenvalue weighted by Crippen LogP contribution is -2.22. The number of hydrogen-bond donors (Lipinski definition) is 2. The number of rotatable bonds is 10. The molecular weight excluding hydrogens is 308 g/mol. The number of esters is 2. The van der Waals surface area contributed by atoms with Crippen LogP contribution in [0.15, 0.2) is 9.98 Å². The summed E-state index contributed by atoms with van der Waals surface area (Å²) in [5.74, 6) is -1.55. The van der Waals surface area contributed by atoms with Gasteiger partial charge in [-0.05, 0) is 26.2 Å². The fraction of sp³-hybridized carbons (Fsp3) is 0.714. The Morgan fingerprint density at radius 3 is 2.04 bits per heavy atom. The summed E-state index contributed by atoms with van der Waals surface area (Å²) in [4.78, 5) is 47.0. The highest BCUT2D eigenvalue weighted by Gasteiger charge is 2.14. The van der Waals surface area contributed by atoms with Gasteiger partial charge in [0.2, 0.25) is 12.2 Å². The molecule has 23 heavy (non-hydrogen) atoms. The van der Waals surface area contributed by atoms with E-state index in [1.807, 2.05) is 0 Å². The van der Waals surface area contributed by atoms with Gasteiger partial charge in [0.05, 0.1) is 13.1 Å². The largest absolute Gasteiger partial charge is 0.396 e. The number of carbonyl (C=O) groups excluding carboxylic acids is 4. The van der Waals surface area contributed by atoms with Gasteiger partial charge < -0.3 is 14.9 Å². The first-order valence-corrected chi connectivity index (χ1v) is 7.10. The normalized spacial score (nSPS) is 10.2. The van der Waals surface area contributed by atoms with Crippen LogP contribution in [0.2, 0.25) is 0 Å². The monoisotopic (exact) mass is 330 g/mol. The molecule has 0 aromatic heterocycles. The molecule has 0 bridgehead atoms. The van der Waals surface area contributed by atoms with Gasteiger partial charge in [-0.3, -0.25) is 4.79 Å². The first-order chi connectivity index (χ1) is 11.0. The first kappa shape index (κ1) is 23.1. The summed E-state index contributed by atoms with van der Waals surface area (Å²) < 4.78 is 4.30. The van der Waals surface area contributed by atoms with Crippen LogP contribution in [0.25, 0.3) is 0 Å². The van der Waals surface area contributed by atoms with E-state index >= 15 is 0 Å². The molecule has 1 unspecified atom stereocenters. The lowest BCUT2D eigenvalue weighted by atomic mass is 10.2. The summed E-state index contributed by atoms with van der Waals surface area (Å²) in [6.45, 7) is 2.10. The van der Waals surface area contributed by atoms with Gasteiger partial charge in [0.25, 0.3) is 0 Å². The topological polar surface area (TPSA) is 143 Å². The van der Waals surface area contributed by atoms with Crippen molar-refractivity contribution in [1.82, 2.24) is 0 Å². The minimum atomic E-state index is -1.27. The van der Waals surface area contributed by atoms with Crippen LogP contribution in [0.3, 0.4) is 0 Å². The van der Waals surface area contributed by atoms with Crippen LogP contribution >= 0.6 is 0 Å². The number of ether oxygens (including phenoxy) is 1. The molecule has 1 atom stereocenters. The number of aliphatic imine (C=N–C) groups is 2. The lowest BCUT2D eigenvalue weighted by Gasteiger charge is -2.04.